The Balaban J connectivity index is 4.04. The topological polar surface area (TPSA) is 134 Å². The summed E-state index contributed by atoms with van der Waals surface area (Å²) >= 11 is 0. The molecule has 0 amide bonds. The van der Waals surface area contributed by atoms with Crippen LogP contribution in [0.2, 0.25) is 0 Å². The zero-order chi connectivity index (χ0) is 48.1. The molecule has 0 aromatic heterocycles. The van der Waals surface area contributed by atoms with Crippen LogP contribution in [0, 0.1) is 0 Å². The summed E-state index contributed by atoms with van der Waals surface area (Å²) < 4.78 is 32.9. The summed E-state index contributed by atoms with van der Waals surface area (Å²) in [6.45, 7) is 3.59. The van der Waals surface area contributed by atoms with E-state index in [0.717, 1.165) is 109 Å². The molecule has 0 aliphatic heterocycles. The van der Waals surface area contributed by atoms with Crippen LogP contribution < -0.4 is 5.73 Å². The van der Waals surface area contributed by atoms with Gasteiger partial charge in [0.1, 0.15) is 6.61 Å². The summed E-state index contributed by atoms with van der Waals surface area (Å²) in [5.74, 6) is -0.850. The van der Waals surface area contributed by atoms with E-state index in [0.29, 0.717) is 6.42 Å². The Bertz CT molecular complexity index is 1400. The molecule has 2 atom stereocenters. The van der Waals surface area contributed by atoms with E-state index < -0.39 is 32.5 Å². The second-order valence-corrected chi connectivity index (χ2v) is 18.5. The van der Waals surface area contributed by atoms with Crippen molar-refractivity contribution in [1.82, 2.24) is 0 Å². The monoisotopic (exact) mass is 942 g/mol. The molecular weight excluding hydrogens is 846 g/mol. The van der Waals surface area contributed by atoms with Crippen molar-refractivity contribution in [2.45, 2.75) is 219 Å². The maximum Gasteiger partial charge on any atom is 0.472 e. The van der Waals surface area contributed by atoms with Crippen LogP contribution in [-0.2, 0) is 32.7 Å². The predicted octanol–water partition coefficient (Wildman–Crippen LogP) is 16.1. The largest absolute Gasteiger partial charge is 0.472 e. The highest BCUT2D eigenvalue weighted by atomic mass is 31.2. The smallest absolute Gasteiger partial charge is 0.462 e. The lowest BCUT2D eigenvalue weighted by molar-refractivity contribution is -0.161. The average molecular weight is 942 g/mol. The minimum atomic E-state index is -4.39. The number of hydrogen-bond acceptors (Lipinski definition) is 8. The molecule has 0 aromatic rings. The first-order valence-corrected chi connectivity index (χ1v) is 27.7. The number of phosphoric acid groups is 1. The van der Waals surface area contributed by atoms with Crippen LogP contribution in [0.5, 0.6) is 0 Å². The lowest BCUT2D eigenvalue weighted by Crippen LogP contribution is -2.29. The van der Waals surface area contributed by atoms with E-state index in [9.17, 15) is 19.0 Å². The molecule has 0 aromatic carbocycles. The quantitative estimate of drug-likeness (QED) is 0.0265. The average Bonchev–Trinajstić information content (AvgIpc) is 3.31. The fourth-order valence-electron chi connectivity index (χ4n) is 6.84. The fraction of sp³-hybridized carbons (Fsp3) is 0.679. The molecule has 9 nitrogen and oxygen atoms in total. The molecule has 0 bridgehead atoms. The van der Waals surface area contributed by atoms with Crippen LogP contribution >= 0.6 is 7.82 Å². The minimum Gasteiger partial charge on any atom is -0.462 e. The summed E-state index contributed by atoms with van der Waals surface area (Å²) in [4.78, 5) is 35.0. The van der Waals surface area contributed by atoms with Crippen molar-refractivity contribution in [1.29, 1.82) is 0 Å². The van der Waals surface area contributed by atoms with Gasteiger partial charge in [-0.1, -0.05) is 201 Å². The van der Waals surface area contributed by atoms with E-state index in [1.54, 1.807) is 0 Å². The molecule has 378 valence electrons. The van der Waals surface area contributed by atoms with Crippen LogP contribution in [0.3, 0.4) is 0 Å². The number of allylic oxidation sites excluding steroid dienone is 16. The Morgan fingerprint density at radius 2 is 0.833 bits per heavy atom. The summed E-state index contributed by atoms with van der Waals surface area (Å²) in [6.07, 6.45) is 67.3. The van der Waals surface area contributed by atoms with Crippen LogP contribution in [0.4, 0.5) is 0 Å². The van der Waals surface area contributed by atoms with E-state index in [1.807, 2.05) is 0 Å². The van der Waals surface area contributed by atoms with E-state index in [2.05, 4.69) is 111 Å². The van der Waals surface area contributed by atoms with Gasteiger partial charge in [-0.3, -0.25) is 18.6 Å². The number of carbonyl (C=O) groups is 2. The van der Waals surface area contributed by atoms with Crippen LogP contribution in [-0.4, -0.2) is 49.3 Å². The fourth-order valence-corrected chi connectivity index (χ4v) is 7.61. The van der Waals surface area contributed by atoms with Gasteiger partial charge >= 0.3 is 19.8 Å². The van der Waals surface area contributed by atoms with Gasteiger partial charge in [-0.05, 0) is 96.3 Å². The van der Waals surface area contributed by atoms with Crippen molar-refractivity contribution in [3.05, 3.63) is 97.2 Å². The Labute approximate surface area is 404 Å². The van der Waals surface area contributed by atoms with Gasteiger partial charge in [0.2, 0.25) is 0 Å². The maximum atomic E-state index is 12.7. The van der Waals surface area contributed by atoms with Crippen LogP contribution in [0.25, 0.3) is 0 Å². The van der Waals surface area contributed by atoms with Crippen molar-refractivity contribution >= 4 is 19.8 Å². The number of nitrogens with two attached hydrogens (primary N) is 1. The Hall–Kier alpha value is -3.07. The van der Waals surface area contributed by atoms with E-state index >= 15 is 0 Å². The van der Waals surface area contributed by atoms with Crippen molar-refractivity contribution in [2.75, 3.05) is 26.4 Å². The first-order valence-electron chi connectivity index (χ1n) is 26.2. The number of hydrogen-bond donors (Lipinski definition) is 2. The number of carbonyl (C=O) groups excluding carboxylic acids is 2. The molecular formula is C56H96NO8P. The standard InChI is InChI=1S/C56H96NO8P/c1-3-5-7-9-11-13-15-17-19-20-21-22-23-24-25-26-27-28-29-30-31-32-33-34-35-37-39-41-43-45-47-49-56(59)65-54(53-64-66(60,61)63-51-50-57)52-62-55(58)48-46-44-42-40-38-36-18-16-14-12-10-8-6-4-2/h5,7,11,13,16-19,21-22,24-25,27-28,30-31,54H,3-4,6,8-10,12,14-15,20,23,26,29,32-53,57H2,1-2H3,(H,60,61)/b7-5-,13-11-,18-16-,19-17-,22-21-,25-24-,28-27-,31-30-. The van der Waals surface area contributed by atoms with Crippen molar-refractivity contribution in [2.24, 2.45) is 5.73 Å². The molecule has 2 unspecified atom stereocenters. The number of phosphoric ester groups is 1. The van der Waals surface area contributed by atoms with Gasteiger partial charge in [-0.15, -0.1) is 0 Å². The van der Waals surface area contributed by atoms with Gasteiger partial charge in [0.25, 0.3) is 0 Å². The van der Waals surface area contributed by atoms with Gasteiger partial charge in [-0.2, -0.15) is 0 Å². The van der Waals surface area contributed by atoms with Gasteiger partial charge in [-0.25, -0.2) is 4.57 Å². The third-order valence-corrected chi connectivity index (χ3v) is 11.7. The van der Waals surface area contributed by atoms with Crippen molar-refractivity contribution in [3.8, 4) is 0 Å². The first kappa shape index (κ1) is 62.9. The Kier molecular flexibility index (Phi) is 48.9. The van der Waals surface area contributed by atoms with Crippen molar-refractivity contribution in [3.63, 3.8) is 0 Å². The summed E-state index contributed by atoms with van der Waals surface area (Å²) in [7, 11) is -4.39. The minimum absolute atomic E-state index is 0.0470. The molecule has 0 aliphatic carbocycles. The van der Waals surface area contributed by atoms with Crippen LogP contribution in [0.15, 0.2) is 97.2 Å². The van der Waals surface area contributed by atoms with E-state index in [-0.39, 0.29) is 32.6 Å². The molecule has 0 saturated carbocycles. The number of ether oxygens (including phenoxy) is 2. The molecule has 10 heteroatoms. The second kappa shape index (κ2) is 51.3. The normalized spacial score (nSPS) is 13.9. The number of unbranched alkanes of at least 4 members (excludes halogenated alkanes) is 19. The van der Waals surface area contributed by atoms with E-state index in [1.165, 1.54) is 70.6 Å². The number of rotatable bonds is 48. The lowest BCUT2D eigenvalue weighted by Gasteiger charge is -2.19. The first-order chi connectivity index (χ1) is 32.3. The van der Waals surface area contributed by atoms with Gasteiger partial charge in [0.05, 0.1) is 13.2 Å². The zero-order valence-electron chi connectivity index (χ0n) is 41.9. The van der Waals surface area contributed by atoms with E-state index in [4.69, 9.17) is 24.3 Å². The predicted molar refractivity (Wildman–Crippen MR) is 279 cm³/mol. The van der Waals surface area contributed by atoms with Crippen LogP contribution in [0.1, 0.15) is 213 Å². The van der Waals surface area contributed by atoms with Gasteiger partial charge in [0.15, 0.2) is 6.10 Å². The van der Waals surface area contributed by atoms with Gasteiger partial charge in [0, 0.05) is 19.4 Å². The molecule has 66 heavy (non-hydrogen) atoms. The number of esters is 2. The maximum absolute atomic E-state index is 12.7. The third kappa shape index (κ3) is 50.3. The molecule has 0 spiro atoms. The SMILES string of the molecule is CC/C=C\C/C=C\C/C=C\C/C=C\C/C=C\C/C=C\C/C=C\CCCCCCCCCCCC(=O)OC(COC(=O)CCCCCCC/C=C\CCCCCCC)COP(=O)(O)OCCN. The lowest BCUT2D eigenvalue weighted by atomic mass is 10.1. The molecule has 0 saturated heterocycles. The molecule has 0 rings (SSSR count). The van der Waals surface area contributed by atoms with Crippen molar-refractivity contribution < 1.29 is 37.6 Å². The highest BCUT2D eigenvalue weighted by molar-refractivity contribution is 7.47. The highest BCUT2D eigenvalue weighted by Gasteiger charge is 2.26. The Morgan fingerprint density at radius 3 is 1.26 bits per heavy atom. The highest BCUT2D eigenvalue weighted by Crippen LogP contribution is 2.43. The molecule has 0 radical (unpaired) electrons. The summed E-state index contributed by atoms with van der Waals surface area (Å²) in [5.41, 5.74) is 5.36. The molecule has 0 aliphatic rings. The zero-order valence-corrected chi connectivity index (χ0v) is 42.8. The van der Waals surface area contributed by atoms with Gasteiger partial charge < -0.3 is 20.1 Å². The summed E-state index contributed by atoms with van der Waals surface area (Å²) in [5, 5.41) is 0. The molecule has 0 fully saturated rings. The molecule has 3 N–H and O–H groups in total. The molecule has 0 heterocycles. The third-order valence-electron chi connectivity index (χ3n) is 10.7. The summed E-state index contributed by atoms with van der Waals surface area (Å²) in [6, 6.07) is 0. The Morgan fingerprint density at radius 1 is 0.470 bits per heavy atom. The second-order valence-electron chi connectivity index (χ2n) is 17.0.